The quantitative estimate of drug-likeness (QED) is 0.628. The Morgan fingerprint density at radius 1 is 1.00 bits per heavy atom. The van der Waals surface area contributed by atoms with Crippen LogP contribution in [0, 0.1) is 17.3 Å². The van der Waals surface area contributed by atoms with Crippen LogP contribution >= 0.6 is 0 Å². The highest BCUT2D eigenvalue weighted by Gasteiger charge is 2.44. The molecule has 15 heavy (non-hydrogen) atoms. The normalized spacial score (nSPS) is 38.9. The molecule has 0 N–H and O–H groups in total. The Bertz CT molecular complexity index is 217. The first-order chi connectivity index (χ1) is 7.29. The van der Waals surface area contributed by atoms with Crippen LogP contribution in [0.2, 0.25) is 0 Å². The molecule has 0 aromatic carbocycles. The van der Waals surface area contributed by atoms with Crippen LogP contribution in [0.3, 0.4) is 0 Å². The summed E-state index contributed by atoms with van der Waals surface area (Å²) in [7, 11) is 0. The molecule has 0 amide bonds. The van der Waals surface area contributed by atoms with Crippen LogP contribution in [0.1, 0.15) is 64.7 Å². The molecule has 2 unspecified atom stereocenters. The molecule has 0 aromatic heterocycles. The maximum absolute atomic E-state index is 11.6. The first kappa shape index (κ1) is 11.2. The van der Waals surface area contributed by atoms with Crippen molar-refractivity contribution in [3.63, 3.8) is 0 Å². The van der Waals surface area contributed by atoms with Gasteiger partial charge in [-0.2, -0.15) is 0 Å². The minimum atomic E-state index is 0.0681. The summed E-state index contributed by atoms with van der Waals surface area (Å²) in [5.74, 6) is 1.34. The Morgan fingerprint density at radius 3 is 2.27 bits per heavy atom. The molecule has 2 fully saturated rings. The predicted octanol–water partition coefficient (Wildman–Crippen LogP) is 3.96. The van der Waals surface area contributed by atoms with Crippen molar-refractivity contribution in [1.29, 1.82) is 0 Å². The van der Waals surface area contributed by atoms with Crippen molar-refractivity contribution in [3.05, 3.63) is 0 Å². The van der Waals surface area contributed by atoms with Crippen LogP contribution in [0.25, 0.3) is 0 Å². The van der Waals surface area contributed by atoms with Crippen LogP contribution in [0.5, 0.6) is 0 Å². The molecule has 1 nitrogen and oxygen atoms in total. The molecule has 2 rings (SSSR count). The van der Waals surface area contributed by atoms with E-state index in [0.29, 0.717) is 11.8 Å². The van der Waals surface area contributed by atoms with Crippen molar-refractivity contribution in [2.45, 2.75) is 64.7 Å². The number of rotatable bonds is 2. The maximum Gasteiger partial charge on any atom is 0.126 e. The molecule has 86 valence electrons. The van der Waals surface area contributed by atoms with Gasteiger partial charge in [-0.25, -0.2) is 0 Å². The molecule has 0 heterocycles. The van der Waals surface area contributed by atoms with E-state index >= 15 is 0 Å². The minimum Gasteiger partial charge on any atom is -0.303 e. The number of aldehydes is 1. The van der Waals surface area contributed by atoms with Crippen molar-refractivity contribution in [1.82, 2.24) is 0 Å². The van der Waals surface area contributed by atoms with E-state index in [2.05, 4.69) is 6.92 Å². The van der Waals surface area contributed by atoms with Crippen LogP contribution in [0.15, 0.2) is 0 Å². The first-order valence-electron chi connectivity index (χ1n) is 6.76. The second-order valence-electron chi connectivity index (χ2n) is 5.71. The van der Waals surface area contributed by atoms with Gasteiger partial charge in [-0.1, -0.05) is 39.0 Å². The third-order valence-corrected chi connectivity index (χ3v) is 5.00. The summed E-state index contributed by atoms with van der Waals surface area (Å²) in [6, 6.07) is 0. The lowest BCUT2D eigenvalue weighted by Gasteiger charge is -2.45. The molecule has 2 aliphatic carbocycles. The SMILES string of the molecule is CC1CCCCC1(C=O)C1CCCCC1. The van der Waals surface area contributed by atoms with Gasteiger partial charge >= 0.3 is 0 Å². The smallest absolute Gasteiger partial charge is 0.126 e. The van der Waals surface area contributed by atoms with Crippen molar-refractivity contribution >= 4 is 6.29 Å². The zero-order valence-electron chi connectivity index (χ0n) is 10.0. The van der Waals surface area contributed by atoms with Gasteiger partial charge in [0.2, 0.25) is 0 Å². The summed E-state index contributed by atoms with van der Waals surface area (Å²) in [6.45, 7) is 2.31. The van der Waals surface area contributed by atoms with Crippen molar-refractivity contribution in [3.8, 4) is 0 Å². The van der Waals surface area contributed by atoms with Crippen LogP contribution < -0.4 is 0 Å². The fraction of sp³-hybridized carbons (Fsp3) is 0.929. The Morgan fingerprint density at radius 2 is 1.67 bits per heavy atom. The third kappa shape index (κ3) is 1.98. The van der Waals surface area contributed by atoms with Crippen LogP contribution in [-0.4, -0.2) is 6.29 Å². The Balaban J connectivity index is 2.13. The van der Waals surface area contributed by atoms with E-state index in [-0.39, 0.29) is 5.41 Å². The number of carbonyl (C=O) groups excluding carboxylic acids is 1. The molecule has 1 heteroatoms. The fourth-order valence-electron chi connectivity index (χ4n) is 3.91. The molecule has 0 aliphatic heterocycles. The maximum atomic E-state index is 11.6. The van der Waals surface area contributed by atoms with Gasteiger partial charge in [0.25, 0.3) is 0 Å². The molecule has 0 spiro atoms. The summed E-state index contributed by atoms with van der Waals surface area (Å²) in [4.78, 5) is 11.6. The zero-order valence-corrected chi connectivity index (χ0v) is 10.0. The summed E-state index contributed by atoms with van der Waals surface area (Å²) >= 11 is 0. The molecule has 0 aromatic rings. The highest BCUT2D eigenvalue weighted by Crippen LogP contribution is 2.49. The molecule has 0 radical (unpaired) electrons. The van der Waals surface area contributed by atoms with Crippen molar-refractivity contribution < 1.29 is 4.79 Å². The Labute approximate surface area is 93.6 Å². The van der Waals surface area contributed by atoms with Gasteiger partial charge in [-0.15, -0.1) is 0 Å². The highest BCUT2D eigenvalue weighted by atomic mass is 16.1. The molecular formula is C14H24O. The number of hydrogen-bond acceptors (Lipinski definition) is 1. The van der Waals surface area contributed by atoms with E-state index in [1.807, 2.05) is 0 Å². The molecular weight excluding hydrogens is 184 g/mol. The summed E-state index contributed by atoms with van der Waals surface area (Å²) in [5, 5.41) is 0. The van der Waals surface area contributed by atoms with Gasteiger partial charge in [-0.05, 0) is 37.5 Å². The fourth-order valence-corrected chi connectivity index (χ4v) is 3.91. The van der Waals surface area contributed by atoms with E-state index in [0.717, 1.165) is 0 Å². The lowest BCUT2D eigenvalue weighted by molar-refractivity contribution is -0.126. The standard InChI is InChI=1S/C14H24O/c1-12-7-5-6-10-14(12,11-15)13-8-3-2-4-9-13/h11-13H,2-10H2,1H3. The van der Waals surface area contributed by atoms with E-state index in [4.69, 9.17) is 0 Å². The third-order valence-electron chi connectivity index (χ3n) is 5.00. The van der Waals surface area contributed by atoms with Crippen LogP contribution in [0.4, 0.5) is 0 Å². The average molecular weight is 208 g/mol. The van der Waals surface area contributed by atoms with Gasteiger partial charge in [0.05, 0.1) is 0 Å². The monoisotopic (exact) mass is 208 g/mol. The van der Waals surface area contributed by atoms with Gasteiger partial charge < -0.3 is 4.79 Å². The molecule has 0 saturated heterocycles. The summed E-state index contributed by atoms with van der Waals surface area (Å²) in [6.07, 6.45) is 13.1. The van der Waals surface area contributed by atoms with E-state index in [1.54, 1.807) is 0 Å². The van der Waals surface area contributed by atoms with Crippen LogP contribution in [-0.2, 0) is 4.79 Å². The molecule has 2 saturated carbocycles. The van der Waals surface area contributed by atoms with Gasteiger partial charge in [0, 0.05) is 5.41 Å². The highest BCUT2D eigenvalue weighted by molar-refractivity contribution is 5.61. The Kier molecular flexibility index (Phi) is 3.48. The van der Waals surface area contributed by atoms with Gasteiger partial charge in [0.15, 0.2) is 0 Å². The van der Waals surface area contributed by atoms with E-state index < -0.39 is 0 Å². The zero-order chi connectivity index (χ0) is 10.7. The van der Waals surface area contributed by atoms with Crippen molar-refractivity contribution in [2.75, 3.05) is 0 Å². The first-order valence-corrected chi connectivity index (χ1v) is 6.76. The minimum absolute atomic E-state index is 0.0681. The lowest BCUT2D eigenvalue weighted by atomic mass is 9.58. The summed E-state index contributed by atoms with van der Waals surface area (Å²) in [5.41, 5.74) is 0.0681. The lowest BCUT2D eigenvalue weighted by Crippen LogP contribution is -2.41. The average Bonchev–Trinajstić information content (AvgIpc) is 2.31. The van der Waals surface area contributed by atoms with Crippen molar-refractivity contribution in [2.24, 2.45) is 17.3 Å². The van der Waals surface area contributed by atoms with Gasteiger partial charge in [-0.3, -0.25) is 0 Å². The largest absolute Gasteiger partial charge is 0.303 e. The van der Waals surface area contributed by atoms with E-state index in [9.17, 15) is 4.79 Å². The number of hydrogen-bond donors (Lipinski definition) is 0. The van der Waals surface area contributed by atoms with E-state index in [1.165, 1.54) is 64.1 Å². The molecule has 0 bridgehead atoms. The molecule has 2 aliphatic rings. The molecule has 2 atom stereocenters. The topological polar surface area (TPSA) is 17.1 Å². The Hall–Kier alpha value is -0.330. The number of carbonyl (C=O) groups is 1. The van der Waals surface area contributed by atoms with Gasteiger partial charge in [0.1, 0.15) is 6.29 Å². The second kappa shape index (κ2) is 4.67. The summed E-state index contributed by atoms with van der Waals surface area (Å²) < 4.78 is 0. The predicted molar refractivity (Wildman–Crippen MR) is 62.7 cm³/mol. The second-order valence-corrected chi connectivity index (χ2v) is 5.71.